The highest BCUT2D eigenvalue weighted by Crippen LogP contribution is 2.10. The molecular weight excluding hydrogens is 216 g/mol. The predicted molar refractivity (Wildman–Crippen MR) is 65.4 cm³/mol. The zero-order valence-electron chi connectivity index (χ0n) is 10.5. The van der Waals surface area contributed by atoms with E-state index < -0.39 is 0 Å². The normalized spacial score (nSPS) is 14.4. The van der Waals surface area contributed by atoms with E-state index >= 15 is 0 Å². The molecule has 1 aliphatic heterocycles. The predicted octanol–water partition coefficient (Wildman–Crippen LogP) is 0.264. The Hall–Kier alpha value is -1.62. The van der Waals surface area contributed by atoms with Crippen LogP contribution in [0.25, 0.3) is 0 Å². The molecule has 1 aliphatic rings. The number of aromatic nitrogens is 2. The Labute approximate surface area is 101 Å². The summed E-state index contributed by atoms with van der Waals surface area (Å²) in [5, 5.41) is 10.2. The summed E-state index contributed by atoms with van der Waals surface area (Å²) in [6.45, 7) is 6.09. The maximum Gasteiger partial charge on any atom is 0.247 e. The van der Waals surface area contributed by atoms with Gasteiger partial charge in [-0.3, -0.25) is 9.48 Å². The van der Waals surface area contributed by atoms with Crippen LogP contribution in [0.4, 0.5) is 0 Å². The van der Waals surface area contributed by atoms with Crippen molar-refractivity contribution in [1.29, 1.82) is 0 Å². The van der Waals surface area contributed by atoms with Gasteiger partial charge in [-0.05, 0) is 19.4 Å². The lowest BCUT2D eigenvalue weighted by Crippen LogP contribution is -2.37. The van der Waals surface area contributed by atoms with Crippen LogP contribution in [0.2, 0.25) is 0 Å². The molecule has 0 aromatic carbocycles. The minimum absolute atomic E-state index is 0.0183. The number of carbonyl (C=O) groups is 1. The van der Waals surface area contributed by atoms with E-state index in [4.69, 9.17) is 0 Å². The van der Waals surface area contributed by atoms with Crippen molar-refractivity contribution < 1.29 is 4.79 Å². The standard InChI is InChI=1S/C12H18N4O/c1-8(10-4-13-5-10)12(17)14-6-11-7-15-16(3)9(11)2/h7,13H,4-6H2,1-3H3,(H,14,17). The van der Waals surface area contributed by atoms with Crippen molar-refractivity contribution in [1.82, 2.24) is 20.4 Å². The van der Waals surface area contributed by atoms with Gasteiger partial charge >= 0.3 is 0 Å². The van der Waals surface area contributed by atoms with Gasteiger partial charge in [0.05, 0.1) is 6.20 Å². The van der Waals surface area contributed by atoms with Gasteiger partial charge in [-0.15, -0.1) is 0 Å². The van der Waals surface area contributed by atoms with E-state index in [9.17, 15) is 4.79 Å². The molecule has 0 bridgehead atoms. The van der Waals surface area contributed by atoms with E-state index in [2.05, 4.69) is 15.7 Å². The van der Waals surface area contributed by atoms with Crippen molar-refractivity contribution in [2.75, 3.05) is 13.1 Å². The molecule has 1 amide bonds. The first-order valence-electron chi connectivity index (χ1n) is 5.74. The van der Waals surface area contributed by atoms with E-state index in [0.29, 0.717) is 6.54 Å². The molecule has 0 unspecified atom stereocenters. The Morgan fingerprint density at radius 2 is 2.29 bits per heavy atom. The van der Waals surface area contributed by atoms with Crippen LogP contribution in [0.15, 0.2) is 17.3 Å². The first-order chi connectivity index (χ1) is 8.09. The molecule has 1 aromatic rings. The minimum atomic E-state index is 0.0183. The zero-order valence-corrected chi connectivity index (χ0v) is 10.5. The van der Waals surface area contributed by atoms with Gasteiger partial charge in [0.1, 0.15) is 0 Å². The van der Waals surface area contributed by atoms with E-state index in [1.807, 2.05) is 25.6 Å². The molecule has 0 aliphatic carbocycles. The van der Waals surface area contributed by atoms with E-state index in [0.717, 1.165) is 29.9 Å². The summed E-state index contributed by atoms with van der Waals surface area (Å²) in [6, 6.07) is 0. The summed E-state index contributed by atoms with van der Waals surface area (Å²) in [5.41, 5.74) is 4.18. The van der Waals surface area contributed by atoms with Crippen LogP contribution in [0.3, 0.4) is 0 Å². The monoisotopic (exact) mass is 234 g/mol. The molecular formula is C12H18N4O. The lowest BCUT2D eigenvalue weighted by atomic mass is 10.0. The smallest absolute Gasteiger partial charge is 0.247 e. The number of hydrogen-bond donors (Lipinski definition) is 2. The first-order valence-corrected chi connectivity index (χ1v) is 5.74. The molecule has 5 heteroatoms. The van der Waals surface area contributed by atoms with Crippen LogP contribution in [0.1, 0.15) is 18.2 Å². The molecule has 0 saturated carbocycles. The largest absolute Gasteiger partial charge is 0.348 e. The third-order valence-electron chi connectivity index (χ3n) is 3.32. The molecule has 0 radical (unpaired) electrons. The molecule has 0 spiro atoms. The van der Waals surface area contributed by atoms with E-state index in [1.54, 1.807) is 6.20 Å². The zero-order chi connectivity index (χ0) is 12.4. The Balaban J connectivity index is 1.94. The average molecular weight is 234 g/mol. The second-order valence-corrected chi connectivity index (χ2v) is 4.39. The van der Waals surface area contributed by atoms with E-state index in [1.165, 1.54) is 5.57 Å². The highest BCUT2D eigenvalue weighted by Gasteiger charge is 2.16. The molecule has 2 heterocycles. The van der Waals surface area contributed by atoms with Crippen molar-refractivity contribution >= 4 is 5.91 Å². The number of nitrogens with one attached hydrogen (secondary N) is 2. The SMILES string of the molecule is CC(C(=O)NCc1cnn(C)c1C)=C1CNC1. The Morgan fingerprint density at radius 3 is 2.76 bits per heavy atom. The summed E-state index contributed by atoms with van der Waals surface area (Å²) in [7, 11) is 1.90. The third kappa shape index (κ3) is 2.39. The number of hydrogen-bond acceptors (Lipinski definition) is 3. The second-order valence-electron chi connectivity index (χ2n) is 4.39. The lowest BCUT2D eigenvalue weighted by Gasteiger charge is -2.21. The topological polar surface area (TPSA) is 59.0 Å². The Kier molecular flexibility index (Phi) is 3.28. The lowest BCUT2D eigenvalue weighted by molar-refractivity contribution is -0.117. The van der Waals surface area contributed by atoms with Crippen molar-refractivity contribution in [3.05, 3.63) is 28.6 Å². The molecule has 2 N–H and O–H groups in total. The summed E-state index contributed by atoms with van der Waals surface area (Å²) in [6.07, 6.45) is 1.79. The number of aryl methyl sites for hydroxylation is 1. The Morgan fingerprint density at radius 1 is 1.59 bits per heavy atom. The summed E-state index contributed by atoms with van der Waals surface area (Å²) in [4.78, 5) is 11.8. The maximum absolute atomic E-state index is 11.8. The second kappa shape index (κ2) is 4.71. The number of amides is 1. The molecule has 1 aromatic heterocycles. The number of carbonyl (C=O) groups excluding carboxylic acids is 1. The van der Waals surface area contributed by atoms with Crippen molar-refractivity contribution in [3.63, 3.8) is 0 Å². The summed E-state index contributed by atoms with van der Waals surface area (Å²) in [5.74, 6) is 0.0183. The molecule has 1 saturated heterocycles. The maximum atomic E-state index is 11.8. The fourth-order valence-corrected chi connectivity index (χ4v) is 1.70. The molecule has 1 fully saturated rings. The molecule has 17 heavy (non-hydrogen) atoms. The summed E-state index contributed by atoms with van der Waals surface area (Å²) >= 11 is 0. The highest BCUT2D eigenvalue weighted by molar-refractivity contribution is 5.93. The quantitative estimate of drug-likeness (QED) is 0.738. The van der Waals surface area contributed by atoms with Gasteiger partial charge in [0.2, 0.25) is 5.91 Å². The van der Waals surface area contributed by atoms with Crippen LogP contribution >= 0.6 is 0 Å². The third-order valence-corrected chi connectivity index (χ3v) is 3.32. The summed E-state index contributed by atoms with van der Waals surface area (Å²) < 4.78 is 1.81. The molecule has 5 nitrogen and oxygen atoms in total. The van der Waals surface area contributed by atoms with Crippen LogP contribution in [-0.4, -0.2) is 28.8 Å². The fraction of sp³-hybridized carbons (Fsp3) is 0.500. The van der Waals surface area contributed by atoms with Gasteiger partial charge in [-0.2, -0.15) is 5.10 Å². The fourth-order valence-electron chi connectivity index (χ4n) is 1.70. The van der Waals surface area contributed by atoms with Gasteiger partial charge in [-0.25, -0.2) is 0 Å². The van der Waals surface area contributed by atoms with Gasteiger partial charge in [0, 0.05) is 43.5 Å². The van der Waals surface area contributed by atoms with Crippen molar-refractivity contribution in [2.45, 2.75) is 20.4 Å². The molecule has 2 rings (SSSR count). The van der Waals surface area contributed by atoms with Crippen LogP contribution in [-0.2, 0) is 18.4 Å². The average Bonchev–Trinajstić information content (AvgIpc) is 2.54. The van der Waals surface area contributed by atoms with Gasteiger partial charge < -0.3 is 10.6 Å². The van der Waals surface area contributed by atoms with Gasteiger partial charge in [0.25, 0.3) is 0 Å². The van der Waals surface area contributed by atoms with Gasteiger partial charge in [-0.1, -0.05) is 0 Å². The highest BCUT2D eigenvalue weighted by atomic mass is 16.1. The molecule has 0 atom stereocenters. The van der Waals surface area contributed by atoms with Crippen LogP contribution in [0.5, 0.6) is 0 Å². The number of nitrogens with zero attached hydrogens (tertiary/aromatic N) is 2. The number of rotatable bonds is 3. The first kappa shape index (κ1) is 11.9. The van der Waals surface area contributed by atoms with Gasteiger partial charge in [0.15, 0.2) is 0 Å². The molecule has 92 valence electrons. The Bertz CT molecular complexity index is 467. The minimum Gasteiger partial charge on any atom is -0.348 e. The van der Waals surface area contributed by atoms with E-state index in [-0.39, 0.29) is 5.91 Å². The van der Waals surface area contributed by atoms with Crippen LogP contribution in [0, 0.1) is 6.92 Å². The van der Waals surface area contributed by atoms with Crippen LogP contribution < -0.4 is 10.6 Å². The van der Waals surface area contributed by atoms with Crippen molar-refractivity contribution in [2.24, 2.45) is 7.05 Å². The van der Waals surface area contributed by atoms with Crippen molar-refractivity contribution in [3.8, 4) is 0 Å².